The smallest absolute Gasteiger partial charge is 0.180 e. The number of aromatic nitrogens is 5. The first-order valence-corrected chi connectivity index (χ1v) is 9.79. The van der Waals surface area contributed by atoms with Gasteiger partial charge in [-0.3, -0.25) is 9.67 Å². The fraction of sp³-hybridized carbons (Fsp3) is 0.190. The number of rotatable bonds is 5. The number of nitrogens with one attached hydrogen (secondary N) is 2. The van der Waals surface area contributed by atoms with Crippen LogP contribution in [0.5, 0.6) is 0 Å². The van der Waals surface area contributed by atoms with Gasteiger partial charge in [0.25, 0.3) is 0 Å². The van der Waals surface area contributed by atoms with Crippen molar-refractivity contribution in [1.29, 1.82) is 0 Å². The first kappa shape index (κ1) is 18.9. The molecule has 7 nitrogen and oxygen atoms in total. The van der Waals surface area contributed by atoms with Crippen molar-refractivity contribution in [1.82, 2.24) is 30.0 Å². The second kappa shape index (κ2) is 8.32. The molecule has 0 radical (unpaired) electrons. The zero-order chi connectivity index (χ0) is 20.2. The topological polar surface area (TPSA) is 80.5 Å². The Bertz CT molecular complexity index is 1170. The normalized spacial score (nSPS) is 10.8. The zero-order valence-electron chi connectivity index (χ0n) is 16.3. The van der Waals surface area contributed by atoms with Crippen LogP contribution in [0.15, 0.2) is 55.0 Å². The fourth-order valence-electron chi connectivity index (χ4n) is 2.97. The summed E-state index contributed by atoms with van der Waals surface area (Å²) in [4.78, 5) is 13.7. The van der Waals surface area contributed by atoms with Gasteiger partial charge in [0.1, 0.15) is 11.3 Å². The third-order valence-electron chi connectivity index (χ3n) is 4.51. The van der Waals surface area contributed by atoms with Crippen molar-refractivity contribution in [3.63, 3.8) is 0 Å². The maximum Gasteiger partial charge on any atom is 0.180 e. The molecule has 0 aliphatic heterocycles. The SMILES string of the molecule is CCNC(=S)Nc1ccc2ncc(-c3cnn(Cc4ccccc4C)c3)nc2n1. The van der Waals surface area contributed by atoms with Crippen LogP contribution in [0.25, 0.3) is 22.4 Å². The summed E-state index contributed by atoms with van der Waals surface area (Å²) in [6.45, 7) is 5.55. The van der Waals surface area contributed by atoms with Gasteiger partial charge in [-0.05, 0) is 49.3 Å². The monoisotopic (exact) mass is 403 g/mol. The van der Waals surface area contributed by atoms with Crippen LogP contribution in [-0.2, 0) is 6.54 Å². The number of anilines is 1. The van der Waals surface area contributed by atoms with Crippen LogP contribution in [0.2, 0.25) is 0 Å². The van der Waals surface area contributed by atoms with Gasteiger partial charge in [0.05, 0.1) is 24.6 Å². The quantitative estimate of drug-likeness (QED) is 0.493. The van der Waals surface area contributed by atoms with Crippen LogP contribution < -0.4 is 10.6 Å². The molecule has 0 amide bonds. The molecule has 3 heterocycles. The number of pyridine rings is 1. The van der Waals surface area contributed by atoms with Crippen molar-refractivity contribution < 1.29 is 0 Å². The maximum absolute atomic E-state index is 5.22. The van der Waals surface area contributed by atoms with E-state index in [0.29, 0.717) is 23.1 Å². The molecule has 29 heavy (non-hydrogen) atoms. The van der Waals surface area contributed by atoms with Gasteiger partial charge in [0.15, 0.2) is 10.8 Å². The van der Waals surface area contributed by atoms with Crippen LogP contribution in [-0.4, -0.2) is 36.4 Å². The summed E-state index contributed by atoms with van der Waals surface area (Å²) in [6.07, 6.45) is 5.52. The molecule has 0 aliphatic carbocycles. The molecule has 0 spiro atoms. The van der Waals surface area contributed by atoms with Crippen molar-refractivity contribution in [2.24, 2.45) is 0 Å². The number of benzene rings is 1. The Hall–Kier alpha value is -3.39. The van der Waals surface area contributed by atoms with E-state index < -0.39 is 0 Å². The minimum absolute atomic E-state index is 0.529. The lowest BCUT2D eigenvalue weighted by Crippen LogP contribution is -2.28. The summed E-state index contributed by atoms with van der Waals surface area (Å²) in [6, 6.07) is 12.0. The average molecular weight is 404 g/mol. The van der Waals surface area contributed by atoms with Crippen molar-refractivity contribution in [3.05, 3.63) is 66.1 Å². The van der Waals surface area contributed by atoms with Gasteiger partial charge < -0.3 is 10.6 Å². The van der Waals surface area contributed by atoms with E-state index in [1.165, 1.54) is 11.1 Å². The van der Waals surface area contributed by atoms with E-state index in [1.807, 2.05) is 42.1 Å². The van der Waals surface area contributed by atoms with Crippen molar-refractivity contribution in [3.8, 4) is 11.3 Å². The molecule has 0 bridgehead atoms. The molecule has 146 valence electrons. The van der Waals surface area contributed by atoms with E-state index in [2.05, 4.69) is 49.7 Å². The molecule has 4 rings (SSSR count). The minimum Gasteiger partial charge on any atom is -0.363 e. The van der Waals surface area contributed by atoms with Gasteiger partial charge in [-0.2, -0.15) is 5.10 Å². The lowest BCUT2D eigenvalue weighted by molar-refractivity contribution is 0.684. The summed E-state index contributed by atoms with van der Waals surface area (Å²) in [5, 5.41) is 11.1. The summed E-state index contributed by atoms with van der Waals surface area (Å²) in [5.74, 6) is 0.630. The molecule has 8 heteroatoms. The maximum atomic E-state index is 5.22. The first-order chi connectivity index (χ1) is 14.1. The molecular weight excluding hydrogens is 382 g/mol. The third kappa shape index (κ3) is 4.38. The van der Waals surface area contributed by atoms with Crippen molar-refractivity contribution in [2.75, 3.05) is 11.9 Å². The van der Waals surface area contributed by atoms with Crippen LogP contribution in [0, 0.1) is 6.92 Å². The molecule has 4 aromatic rings. The summed E-state index contributed by atoms with van der Waals surface area (Å²) in [5.41, 5.74) is 5.39. The number of hydrogen-bond donors (Lipinski definition) is 2. The Morgan fingerprint density at radius 3 is 2.79 bits per heavy atom. The minimum atomic E-state index is 0.529. The Morgan fingerprint density at radius 2 is 1.97 bits per heavy atom. The van der Waals surface area contributed by atoms with E-state index in [-0.39, 0.29) is 0 Å². The molecule has 0 saturated carbocycles. The lowest BCUT2D eigenvalue weighted by atomic mass is 10.1. The van der Waals surface area contributed by atoms with E-state index in [1.54, 1.807) is 12.4 Å². The van der Waals surface area contributed by atoms with Gasteiger partial charge >= 0.3 is 0 Å². The summed E-state index contributed by atoms with van der Waals surface area (Å²) in [7, 11) is 0. The van der Waals surface area contributed by atoms with Crippen LogP contribution >= 0.6 is 12.2 Å². The van der Waals surface area contributed by atoms with Crippen LogP contribution in [0.3, 0.4) is 0 Å². The molecule has 0 fully saturated rings. The second-order valence-corrected chi connectivity index (χ2v) is 7.04. The molecule has 0 unspecified atom stereocenters. The van der Waals surface area contributed by atoms with Gasteiger partial charge in [-0.25, -0.2) is 9.97 Å². The van der Waals surface area contributed by atoms with Gasteiger partial charge in [0.2, 0.25) is 0 Å². The Morgan fingerprint density at radius 1 is 1.10 bits per heavy atom. The number of thiocarbonyl (C=S) groups is 1. The zero-order valence-corrected chi connectivity index (χ0v) is 17.1. The average Bonchev–Trinajstić information content (AvgIpc) is 3.18. The molecule has 2 N–H and O–H groups in total. The Labute approximate surface area is 174 Å². The molecule has 0 atom stereocenters. The highest BCUT2D eigenvalue weighted by Gasteiger charge is 2.09. The molecular formula is C21H21N7S. The van der Waals surface area contributed by atoms with Gasteiger partial charge in [0, 0.05) is 18.3 Å². The fourth-order valence-corrected chi connectivity index (χ4v) is 3.22. The molecule has 3 aromatic heterocycles. The predicted octanol–water partition coefficient (Wildman–Crippen LogP) is 3.55. The number of aryl methyl sites for hydroxylation is 1. The van der Waals surface area contributed by atoms with Gasteiger partial charge in [-0.1, -0.05) is 24.3 Å². The van der Waals surface area contributed by atoms with Crippen LogP contribution in [0.4, 0.5) is 5.82 Å². The highest BCUT2D eigenvalue weighted by atomic mass is 32.1. The molecule has 1 aromatic carbocycles. The summed E-state index contributed by atoms with van der Waals surface area (Å²) < 4.78 is 1.91. The Balaban J connectivity index is 1.58. The first-order valence-electron chi connectivity index (χ1n) is 9.38. The molecule has 0 saturated heterocycles. The predicted molar refractivity (Wildman–Crippen MR) is 119 cm³/mol. The summed E-state index contributed by atoms with van der Waals surface area (Å²) >= 11 is 5.22. The van der Waals surface area contributed by atoms with Gasteiger partial charge in [-0.15, -0.1) is 0 Å². The van der Waals surface area contributed by atoms with E-state index in [9.17, 15) is 0 Å². The van der Waals surface area contributed by atoms with E-state index in [4.69, 9.17) is 12.2 Å². The number of fused-ring (bicyclic) bond motifs is 1. The molecule has 0 aliphatic rings. The number of nitrogens with zero attached hydrogens (tertiary/aromatic N) is 5. The highest BCUT2D eigenvalue weighted by Crippen LogP contribution is 2.20. The van der Waals surface area contributed by atoms with Crippen LogP contribution in [0.1, 0.15) is 18.1 Å². The van der Waals surface area contributed by atoms with Crippen molar-refractivity contribution >= 4 is 34.3 Å². The number of hydrogen-bond acceptors (Lipinski definition) is 5. The third-order valence-corrected chi connectivity index (χ3v) is 4.75. The van der Waals surface area contributed by atoms with Crippen molar-refractivity contribution in [2.45, 2.75) is 20.4 Å². The Kier molecular flexibility index (Phi) is 5.44. The largest absolute Gasteiger partial charge is 0.363 e. The second-order valence-electron chi connectivity index (χ2n) is 6.63. The highest BCUT2D eigenvalue weighted by molar-refractivity contribution is 7.80. The lowest BCUT2D eigenvalue weighted by Gasteiger charge is -2.08. The van der Waals surface area contributed by atoms with E-state index >= 15 is 0 Å². The van der Waals surface area contributed by atoms with E-state index in [0.717, 1.165) is 23.3 Å². The standard InChI is InChI=1S/C21H21N7S/c1-3-22-21(29)27-19-9-8-17-20(26-19)25-18(11-23-17)16-10-24-28(13-16)12-15-7-5-4-6-14(15)2/h4-11,13H,3,12H2,1-2H3,(H2,22,25,26,27,29).